The lowest BCUT2D eigenvalue weighted by atomic mass is 9.90. The van der Waals surface area contributed by atoms with Crippen LogP contribution in [0.4, 0.5) is 0 Å². The molecule has 0 bridgehead atoms. The Labute approximate surface area is 92.7 Å². The van der Waals surface area contributed by atoms with Crippen molar-refractivity contribution in [2.75, 3.05) is 0 Å². The lowest BCUT2D eigenvalue weighted by molar-refractivity contribution is 0.313. The summed E-state index contributed by atoms with van der Waals surface area (Å²) >= 11 is 0. The van der Waals surface area contributed by atoms with Crippen LogP contribution < -0.4 is 5.73 Å². The van der Waals surface area contributed by atoms with Crippen LogP contribution in [-0.4, -0.2) is 11.0 Å². The van der Waals surface area contributed by atoms with Crippen molar-refractivity contribution >= 4 is 5.84 Å². The quantitative estimate of drug-likeness (QED) is 0.319. The molecule has 1 aliphatic rings. The summed E-state index contributed by atoms with van der Waals surface area (Å²) in [5.41, 5.74) is 5.56. The van der Waals surface area contributed by atoms with Crippen LogP contribution in [0.3, 0.4) is 0 Å². The molecular formula is C12H24N2O. The van der Waals surface area contributed by atoms with Gasteiger partial charge in [0.2, 0.25) is 0 Å². The maximum Gasteiger partial charge on any atom is 0.139 e. The van der Waals surface area contributed by atoms with Crippen LogP contribution in [0.1, 0.15) is 64.2 Å². The zero-order chi connectivity index (χ0) is 10.9. The Balaban J connectivity index is 2.31. The Morgan fingerprint density at radius 2 is 1.47 bits per heavy atom. The highest BCUT2D eigenvalue weighted by Gasteiger charge is 2.11. The maximum absolute atomic E-state index is 8.55. The second-order valence-electron chi connectivity index (χ2n) is 4.71. The van der Waals surface area contributed by atoms with Gasteiger partial charge in [0.05, 0.1) is 0 Å². The fraction of sp³-hybridized carbons (Fsp3) is 0.917. The number of hydrogen-bond acceptors (Lipinski definition) is 2. The second-order valence-corrected chi connectivity index (χ2v) is 4.71. The van der Waals surface area contributed by atoms with Crippen LogP contribution in [0, 0.1) is 5.92 Å². The van der Waals surface area contributed by atoms with Crippen LogP contribution in [0.2, 0.25) is 0 Å². The number of amidine groups is 1. The van der Waals surface area contributed by atoms with Crippen molar-refractivity contribution in [1.82, 2.24) is 0 Å². The third-order valence-corrected chi connectivity index (χ3v) is 3.35. The minimum absolute atomic E-state index is 0.400. The Morgan fingerprint density at radius 3 is 1.93 bits per heavy atom. The van der Waals surface area contributed by atoms with Gasteiger partial charge in [-0.05, 0) is 5.92 Å². The molecule has 3 N–H and O–H groups in total. The first-order chi connectivity index (χ1) is 7.33. The predicted molar refractivity (Wildman–Crippen MR) is 63.1 cm³/mol. The Kier molecular flexibility index (Phi) is 6.21. The largest absolute Gasteiger partial charge is 0.409 e. The molecule has 0 atom stereocenters. The van der Waals surface area contributed by atoms with Gasteiger partial charge in [-0.3, -0.25) is 0 Å². The molecule has 0 saturated heterocycles. The molecule has 15 heavy (non-hydrogen) atoms. The molecule has 0 spiro atoms. The van der Waals surface area contributed by atoms with Crippen molar-refractivity contribution in [3.63, 3.8) is 0 Å². The first-order valence-electron chi connectivity index (χ1n) is 6.29. The first kappa shape index (κ1) is 12.3. The summed E-state index contributed by atoms with van der Waals surface area (Å²) in [5.74, 6) is 1.04. The second kappa shape index (κ2) is 7.55. The van der Waals surface area contributed by atoms with Crippen molar-refractivity contribution in [2.24, 2.45) is 16.8 Å². The third kappa shape index (κ3) is 5.65. The van der Waals surface area contributed by atoms with Crippen molar-refractivity contribution in [1.29, 1.82) is 0 Å². The van der Waals surface area contributed by atoms with E-state index in [9.17, 15) is 0 Å². The Morgan fingerprint density at radius 1 is 1.00 bits per heavy atom. The molecule has 0 aromatic heterocycles. The molecule has 0 heterocycles. The molecular weight excluding hydrogens is 188 g/mol. The van der Waals surface area contributed by atoms with E-state index in [0.717, 1.165) is 6.42 Å². The first-order valence-corrected chi connectivity index (χ1v) is 6.29. The van der Waals surface area contributed by atoms with Crippen LogP contribution >= 0.6 is 0 Å². The SMILES string of the molecule is NC(CC1CCCCCCCCC1)=NO. The van der Waals surface area contributed by atoms with Gasteiger partial charge in [0.1, 0.15) is 5.84 Å². The highest BCUT2D eigenvalue weighted by Crippen LogP contribution is 2.23. The average Bonchev–Trinajstić information content (AvgIpc) is 2.27. The molecule has 0 aliphatic heterocycles. The van der Waals surface area contributed by atoms with Crippen LogP contribution in [0.15, 0.2) is 5.16 Å². The molecule has 0 unspecified atom stereocenters. The molecule has 3 heteroatoms. The fourth-order valence-corrected chi connectivity index (χ4v) is 2.43. The molecule has 1 aliphatic carbocycles. The zero-order valence-corrected chi connectivity index (χ0v) is 9.62. The number of oxime groups is 1. The van der Waals surface area contributed by atoms with E-state index in [4.69, 9.17) is 10.9 Å². The number of hydrogen-bond donors (Lipinski definition) is 2. The average molecular weight is 212 g/mol. The zero-order valence-electron chi connectivity index (χ0n) is 9.62. The molecule has 3 nitrogen and oxygen atoms in total. The Bertz CT molecular complexity index is 182. The fourth-order valence-electron chi connectivity index (χ4n) is 2.43. The van der Waals surface area contributed by atoms with Gasteiger partial charge in [-0.1, -0.05) is 62.9 Å². The van der Waals surface area contributed by atoms with Crippen molar-refractivity contribution < 1.29 is 5.21 Å². The summed E-state index contributed by atoms with van der Waals surface area (Å²) in [7, 11) is 0. The molecule has 1 fully saturated rings. The van der Waals surface area contributed by atoms with E-state index < -0.39 is 0 Å². The van der Waals surface area contributed by atoms with Gasteiger partial charge in [-0.25, -0.2) is 0 Å². The molecule has 0 aromatic rings. The van der Waals surface area contributed by atoms with Crippen molar-refractivity contribution in [3.05, 3.63) is 0 Å². The van der Waals surface area contributed by atoms with Crippen LogP contribution in [-0.2, 0) is 0 Å². The number of nitrogens with two attached hydrogens (primary N) is 1. The molecule has 1 saturated carbocycles. The third-order valence-electron chi connectivity index (χ3n) is 3.35. The van der Waals surface area contributed by atoms with Crippen molar-refractivity contribution in [3.8, 4) is 0 Å². The predicted octanol–water partition coefficient (Wildman–Crippen LogP) is 3.26. The van der Waals surface area contributed by atoms with E-state index >= 15 is 0 Å². The Hall–Kier alpha value is -0.730. The van der Waals surface area contributed by atoms with Gasteiger partial charge >= 0.3 is 0 Å². The molecule has 88 valence electrons. The van der Waals surface area contributed by atoms with Gasteiger partial charge in [-0.2, -0.15) is 0 Å². The van der Waals surface area contributed by atoms with Crippen LogP contribution in [0.5, 0.6) is 0 Å². The van der Waals surface area contributed by atoms with E-state index in [1.54, 1.807) is 0 Å². The van der Waals surface area contributed by atoms with Gasteiger partial charge in [0.15, 0.2) is 0 Å². The number of rotatable bonds is 2. The summed E-state index contributed by atoms with van der Waals surface area (Å²) in [6.45, 7) is 0. The van der Waals surface area contributed by atoms with Gasteiger partial charge in [0, 0.05) is 6.42 Å². The van der Waals surface area contributed by atoms with E-state index in [2.05, 4.69) is 5.16 Å². The maximum atomic E-state index is 8.55. The summed E-state index contributed by atoms with van der Waals surface area (Å²) in [6.07, 6.45) is 12.8. The summed E-state index contributed by atoms with van der Waals surface area (Å²) in [5, 5.41) is 11.6. The summed E-state index contributed by atoms with van der Waals surface area (Å²) in [6, 6.07) is 0. The lowest BCUT2D eigenvalue weighted by Gasteiger charge is -2.17. The smallest absolute Gasteiger partial charge is 0.139 e. The minimum atomic E-state index is 0.400. The lowest BCUT2D eigenvalue weighted by Crippen LogP contribution is -2.17. The highest BCUT2D eigenvalue weighted by molar-refractivity contribution is 5.79. The van der Waals surface area contributed by atoms with Gasteiger partial charge in [-0.15, -0.1) is 0 Å². The molecule has 1 rings (SSSR count). The summed E-state index contributed by atoms with van der Waals surface area (Å²) in [4.78, 5) is 0. The minimum Gasteiger partial charge on any atom is -0.409 e. The van der Waals surface area contributed by atoms with Gasteiger partial charge in [0.25, 0.3) is 0 Å². The molecule has 0 aromatic carbocycles. The highest BCUT2D eigenvalue weighted by atomic mass is 16.4. The summed E-state index contributed by atoms with van der Waals surface area (Å²) < 4.78 is 0. The standard InChI is InChI=1S/C12H24N2O/c13-12(14-15)10-11-8-6-4-2-1-3-5-7-9-11/h11,15H,1-10H2,(H2,13,14). The van der Waals surface area contributed by atoms with E-state index in [-0.39, 0.29) is 0 Å². The number of nitrogens with zero attached hydrogens (tertiary/aromatic N) is 1. The monoisotopic (exact) mass is 212 g/mol. The van der Waals surface area contributed by atoms with Gasteiger partial charge < -0.3 is 10.9 Å². The normalized spacial score (nSPS) is 22.5. The van der Waals surface area contributed by atoms with E-state index in [1.807, 2.05) is 0 Å². The molecule has 0 amide bonds. The topological polar surface area (TPSA) is 58.6 Å². The van der Waals surface area contributed by atoms with E-state index in [1.165, 1.54) is 57.8 Å². The van der Waals surface area contributed by atoms with Crippen LogP contribution in [0.25, 0.3) is 0 Å². The van der Waals surface area contributed by atoms with Crippen molar-refractivity contribution in [2.45, 2.75) is 64.2 Å². The van der Waals surface area contributed by atoms with E-state index in [0.29, 0.717) is 11.8 Å². The molecule has 0 radical (unpaired) electrons.